The molecule has 2 rings (SSSR count). The van der Waals surface area contributed by atoms with Gasteiger partial charge in [0.05, 0.1) is 4.92 Å². The summed E-state index contributed by atoms with van der Waals surface area (Å²) in [5.74, 6) is -0.488. The minimum Gasteiger partial charge on any atom is -0.316 e. The molecule has 102 valence electrons. The van der Waals surface area contributed by atoms with Gasteiger partial charge in [-0.05, 0) is 30.3 Å². The number of benzene rings is 2. The average Bonchev–Trinajstić information content (AvgIpc) is 2.40. The van der Waals surface area contributed by atoms with Crippen molar-refractivity contribution < 1.29 is 9.72 Å². The number of rotatable bonds is 3. The van der Waals surface area contributed by atoms with Crippen LogP contribution in [-0.2, 0) is 0 Å². The van der Waals surface area contributed by atoms with E-state index in [0.29, 0.717) is 10.6 Å². The summed E-state index contributed by atoms with van der Waals surface area (Å²) in [5.41, 5.74) is 0.110. The molecule has 0 atom stereocenters. The van der Waals surface area contributed by atoms with E-state index in [1.807, 2.05) is 0 Å². The van der Waals surface area contributed by atoms with Crippen molar-refractivity contribution in [3.63, 3.8) is 0 Å². The molecule has 5 nitrogen and oxygen atoms in total. The number of carbonyl (C=O) groups is 1. The first-order valence-corrected chi connectivity index (χ1v) is 6.24. The number of nitrogens with zero attached hydrogens (tertiary/aromatic N) is 1. The summed E-state index contributed by atoms with van der Waals surface area (Å²) in [6.07, 6.45) is 0. The topological polar surface area (TPSA) is 72.2 Å². The number of nitro groups is 1. The average molecular weight is 311 g/mol. The van der Waals surface area contributed by atoms with Crippen LogP contribution in [0, 0.1) is 10.1 Å². The number of nitro benzene ring substituents is 1. The van der Waals surface area contributed by atoms with Crippen LogP contribution in [0.3, 0.4) is 0 Å². The molecule has 1 N–H and O–H groups in total. The van der Waals surface area contributed by atoms with E-state index in [2.05, 4.69) is 5.32 Å². The first-order chi connectivity index (χ1) is 9.47. The van der Waals surface area contributed by atoms with Crippen LogP contribution in [-0.4, -0.2) is 10.8 Å². The SMILES string of the molecule is O=C(Nc1ccc(Cl)cc1[N+](=O)[O-])c1cccc(Cl)c1. The summed E-state index contributed by atoms with van der Waals surface area (Å²) < 4.78 is 0. The molecule has 0 spiro atoms. The van der Waals surface area contributed by atoms with Crippen molar-refractivity contribution in [3.05, 3.63) is 68.2 Å². The molecule has 20 heavy (non-hydrogen) atoms. The van der Waals surface area contributed by atoms with Crippen molar-refractivity contribution in [1.82, 2.24) is 0 Å². The number of carbonyl (C=O) groups excluding carboxylic acids is 1. The van der Waals surface area contributed by atoms with E-state index in [4.69, 9.17) is 23.2 Å². The molecule has 0 aromatic heterocycles. The molecule has 0 saturated carbocycles. The normalized spacial score (nSPS) is 10.1. The Morgan fingerprint density at radius 2 is 1.80 bits per heavy atom. The predicted molar refractivity (Wildman–Crippen MR) is 77.5 cm³/mol. The molecule has 2 aromatic carbocycles. The number of halogens is 2. The van der Waals surface area contributed by atoms with Crippen LogP contribution in [0.15, 0.2) is 42.5 Å². The highest BCUT2D eigenvalue weighted by atomic mass is 35.5. The number of hydrogen-bond donors (Lipinski definition) is 1. The summed E-state index contributed by atoms with van der Waals surface area (Å²) >= 11 is 11.5. The van der Waals surface area contributed by atoms with Gasteiger partial charge in [-0.15, -0.1) is 0 Å². The third-order valence-corrected chi connectivity index (χ3v) is 2.96. The molecule has 0 aliphatic heterocycles. The second kappa shape index (κ2) is 5.90. The predicted octanol–water partition coefficient (Wildman–Crippen LogP) is 4.15. The molecule has 0 heterocycles. The zero-order valence-corrected chi connectivity index (χ0v) is 11.5. The Bertz CT molecular complexity index is 689. The zero-order chi connectivity index (χ0) is 14.7. The van der Waals surface area contributed by atoms with Crippen molar-refractivity contribution in [3.8, 4) is 0 Å². The third kappa shape index (κ3) is 3.26. The molecule has 0 unspecified atom stereocenters. The Hall–Kier alpha value is -2.11. The monoisotopic (exact) mass is 310 g/mol. The van der Waals surface area contributed by atoms with Crippen LogP contribution < -0.4 is 5.32 Å². The Morgan fingerprint density at radius 1 is 1.10 bits per heavy atom. The largest absolute Gasteiger partial charge is 0.316 e. The highest BCUT2D eigenvalue weighted by Crippen LogP contribution is 2.28. The lowest BCUT2D eigenvalue weighted by atomic mass is 10.2. The molecule has 0 aliphatic rings. The van der Waals surface area contributed by atoms with E-state index in [1.165, 1.54) is 24.3 Å². The highest BCUT2D eigenvalue weighted by Gasteiger charge is 2.17. The van der Waals surface area contributed by atoms with Gasteiger partial charge in [0, 0.05) is 21.7 Å². The Morgan fingerprint density at radius 3 is 2.45 bits per heavy atom. The van der Waals surface area contributed by atoms with Crippen molar-refractivity contribution in [2.45, 2.75) is 0 Å². The van der Waals surface area contributed by atoms with Gasteiger partial charge in [0.15, 0.2) is 0 Å². The van der Waals surface area contributed by atoms with Gasteiger partial charge in [-0.3, -0.25) is 14.9 Å². The quantitative estimate of drug-likeness (QED) is 0.683. The van der Waals surface area contributed by atoms with Crippen LogP contribution in [0.2, 0.25) is 10.0 Å². The first-order valence-electron chi connectivity index (χ1n) is 5.48. The second-order valence-corrected chi connectivity index (χ2v) is 4.76. The van der Waals surface area contributed by atoms with Crippen molar-refractivity contribution in [2.24, 2.45) is 0 Å². The molecular weight excluding hydrogens is 303 g/mol. The van der Waals surface area contributed by atoms with Gasteiger partial charge in [-0.1, -0.05) is 29.3 Å². The maximum Gasteiger partial charge on any atom is 0.294 e. The van der Waals surface area contributed by atoms with Crippen LogP contribution >= 0.6 is 23.2 Å². The smallest absolute Gasteiger partial charge is 0.294 e. The van der Waals surface area contributed by atoms with E-state index in [-0.39, 0.29) is 16.4 Å². The summed E-state index contributed by atoms with van der Waals surface area (Å²) in [6, 6.07) is 10.3. The highest BCUT2D eigenvalue weighted by molar-refractivity contribution is 6.31. The van der Waals surface area contributed by atoms with Gasteiger partial charge in [-0.25, -0.2) is 0 Å². The van der Waals surface area contributed by atoms with E-state index in [1.54, 1.807) is 18.2 Å². The van der Waals surface area contributed by atoms with E-state index >= 15 is 0 Å². The summed E-state index contributed by atoms with van der Waals surface area (Å²) in [7, 11) is 0. The number of amides is 1. The van der Waals surface area contributed by atoms with Gasteiger partial charge in [-0.2, -0.15) is 0 Å². The molecule has 0 aliphatic carbocycles. The summed E-state index contributed by atoms with van der Waals surface area (Å²) in [6.45, 7) is 0. The Kier molecular flexibility index (Phi) is 4.22. The fourth-order valence-electron chi connectivity index (χ4n) is 1.59. The van der Waals surface area contributed by atoms with Gasteiger partial charge in [0.25, 0.3) is 11.6 Å². The lowest BCUT2D eigenvalue weighted by Gasteiger charge is -2.06. The van der Waals surface area contributed by atoms with Gasteiger partial charge >= 0.3 is 0 Å². The molecule has 0 saturated heterocycles. The van der Waals surface area contributed by atoms with E-state index in [0.717, 1.165) is 0 Å². The lowest BCUT2D eigenvalue weighted by Crippen LogP contribution is -2.13. The number of anilines is 1. The molecule has 0 fully saturated rings. The second-order valence-electron chi connectivity index (χ2n) is 3.88. The fraction of sp³-hybridized carbons (Fsp3) is 0. The van der Waals surface area contributed by atoms with Crippen LogP contribution in [0.5, 0.6) is 0 Å². The third-order valence-electron chi connectivity index (χ3n) is 2.49. The van der Waals surface area contributed by atoms with Crippen LogP contribution in [0.25, 0.3) is 0 Å². The van der Waals surface area contributed by atoms with Gasteiger partial charge < -0.3 is 5.32 Å². The molecule has 2 aromatic rings. The van der Waals surface area contributed by atoms with Gasteiger partial charge in [0.2, 0.25) is 0 Å². The zero-order valence-electron chi connectivity index (χ0n) is 9.97. The standard InChI is InChI=1S/C13H8Cl2N2O3/c14-9-3-1-2-8(6-9)13(18)16-11-5-4-10(15)7-12(11)17(19)20/h1-7H,(H,16,18). The lowest BCUT2D eigenvalue weighted by molar-refractivity contribution is -0.383. The number of hydrogen-bond acceptors (Lipinski definition) is 3. The maximum atomic E-state index is 12.0. The molecule has 7 heteroatoms. The molecule has 0 radical (unpaired) electrons. The Labute approximate surface area is 124 Å². The van der Waals surface area contributed by atoms with Gasteiger partial charge in [0.1, 0.15) is 5.69 Å². The minimum atomic E-state index is -0.612. The van der Waals surface area contributed by atoms with E-state index < -0.39 is 10.8 Å². The fourth-order valence-corrected chi connectivity index (χ4v) is 1.94. The van der Waals surface area contributed by atoms with Crippen molar-refractivity contribution in [2.75, 3.05) is 5.32 Å². The molecule has 0 bridgehead atoms. The Balaban J connectivity index is 2.30. The summed E-state index contributed by atoms with van der Waals surface area (Å²) in [5, 5.41) is 14.0. The van der Waals surface area contributed by atoms with Crippen molar-refractivity contribution >= 4 is 40.5 Å². The summed E-state index contributed by atoms with van der Waals surface area (Å²) in [4.78, 5) is 22.3. The van der Waals surface area contributed by atoms with Crippen LogP contribution in [0.1, 0.15) is 10.4 Å². The van der Waals surface area contributed by atoms with Crippen LogP contribution in [0.4, 0.5) is 11.4 Å². The minimum absolute atomic E-state index is 0.0735. The maximum absolute atomic E-state index is 12.0. The molecular formula is C13H8Cl2N2O3. The molecule has 1 amide bonds. The van der Waals surface area contributed by atoms with Crippen molar-refractivity contribution in [1.29, 1.82) is 0 Å². The first kappa shape index (κ1) is 14.3. The number of nitrogens with one attached hydrogen (secondary N) is 1. The van der Waals surface area contributed by atoms with E-state index in [9.17, 15) is 14.9 Å².